The van der Waals surface area contributed by atoms with Crippen LogP contribution in [0.4, 0.5) is 0 Å². The summed E-state index contributed by atoms with van der Waals surface area (Å²) < 4.78 is 61.7. The highest BCUT2D eigenvalue weighted by Gasteiger charge is 2.22. The molecule has 0 amide bonds. The van der Waals surface area contributed by atoms with Gasteiger partial charge in [0.25, 0.3) is 20.2 Å². The normalized spacial score (nSPS) is 12.7. The van der Waals surface area contributed by atoms with Gasteiger partial charge in [0, 0.05) is 6.54 Å². The molecule has 0 aromatic heterocycles. The molecule has 0 heterocycles. The van der Waals surface area contributed by atoms with Crippen LogP contribution in [0.5, 0.6) is 0 Å². The standard InChI is InChI=1S/C8H10NO6S2/c1-5-2-6(4-9)8(17(13,14)15)3-7(5)16(10,11)12/h2-3,9H,4H2,1H3,(H,10,11,12)(H,13,14,15). The molecule has 1 aromatic carbocycles. The van der Waals surface area contributed by atoms with Crippen LogP contribution >= 0.6 is 0 Å². The molecule has 0 fully saturated rings. The van der Waals surface area contributed by atoms with E-state index in [2.05, 4.69) is 0 Å². The minimum absolute atomic E-state index is 0.0441. The van der Waals surface area contributed by atoms with E-state index >= 15 is 0 Å². The first kappa shape index (κ1) is 14.1. The van der Waals surface area contributed by atoms with Crippen LogP contribution in [0, 0.1) is 6.92 Å². The number of benzene rings is 1. The molecular weight excluding hydrogens is 270 g/mol. The monoisotopic (exact) mass is 280 g/mol. The summed E-state index contributed by atoms with van der Waals surface area (Å²) in [6.45, 7) is 0.901. The van der Waals surface area contributed by atoms with Gasteiger partial charge in [-0.15, -0.1) is 0 Å². The van der Waals surface area contributed by atoms with Gasteiger partial charge in [0.1, 0.15) is 0 Å². The highest BCUT2D eigenvalue weighted by molar-refractivity contribution is 7.86. The molecule has 0 spiro atoms. The quantitative estimate of drug-likeness (QED) is 0.763. The molecule has 1 rings (SSSR count). The highest BCUT2D eigenvalue weighted by Crippen LogP contribution is 2.24. The van der Waals surface area contributed by atoms with Gasteiger partial charge in [-0.05, 0) is 24.1 Å². The Labute approximate surface area is 98.8 Å². The molecule has 0 aliphatic heterocycles. The van der Waals surface area contributed by atoms with Gasteiger partial charge in [0.05, 0.1) is 9.79 Å². The molecule has 95 valence electrons. The lowest BCUT2D eigenvalue weighted by molar-refractivity contribution is 0.479. The Morgan fingerprint density at radius 2 is 1.53 bits per heavy atom. The van der Waals surface area contributed by atoms with Gasteiger partial charge in [-0.2, -0.15) is 16.8 Å². The molecule has 1 aromatic rings. The summed E-state index contributed by atoms with van der Waals surface area (Å²) in [7, 11) is -9.22. The van der Waals surface area contributed by atoms with Crippen molar-refractivity contribution in [2.45, 2.75) is 23.3 Å². The fourth-order valence-electron chi connectivity index (χ4n) is 1.39. The molecule has 9 heteroatoms. The topological polar surface area (TPSA) is 133 Å². The van der Waals surface area contributed by atoms with Crippen LogP contribution in [0.1, 0.15) is 11.1 Å². The fraction of sp³-hybridized carbons (Fsp3) is 0.250. The fourth-order valence-corrected chi connectivity index (χ4v) is 2.92. The van der Waals surface area contributed by atoms with Gasteiger partial charge in [-0.1, -0.05) is 6.07 Å². The van der Waals surface area contributed by atoms with E-state index in [1.54, 1.807) is 0 Å². The summed E-state index contributed by atoms with van der Waals surface area (Å²) in [6, 6.07) is 1.77. The summed E-state index contributed by atoms with van der Waals surface area (Å²) in [5.74, 6) is 0. The Morgan fingerprint density at radius 3 is 1.88 bits per heavy atom. The average molecular weight is 280 g/mol. The summed E-state index contributed by atoms with van der Waals surface area (Å²) in [5.41, 5.74) is 7.16. The number of nitrogens with one attached hydrogen (secondary N) is 1. The second-order valence-corrected chi connectivity index (χ2v) is 6.13. The lowest BCUT2D eigenvalue weighted by Crippen LogP contribution is -2.09. The molecule has 7 nitrogen and oxygen atoms in total. The molecule has 0 unspecified atom stereocenters. The minimum atomic E-state index is -4.64. The van der Waals surface area contributed by atoms with Gasteiger partial charge in [0.2, 0.25) is 0 Å². The summed E-state index contributed by atoms with van der Waals surface area (Å²) in [5, 5.41) is 0. The molecule has 0 aliphatic rings. The van der Waals surface area contributed by atoms with E-state index in [1.165, 1.54) is 6.92 Å². The maximum absolute atomic E-state index is 11.0. The largest absolute Gasteiger partial charge is 0.294 e. The van der Waals surface area contributed by atoms with Crippen molar-refractivity contribution < 1.29 is 25.9 Å². The number of aryl methyl sites for hydroxylation is 1. The van der Waals surface area contributed by atoms with Gasteiger partial charge < -0.3 is 0 Å². The predicted octanol–water partition coefficient (Wildman–Crippen LogP) is 0.271. The van der Waals surface area contributed by atoms with E-state index in [0.29, 0.717) is 6.07 Å². The third kappa shape index (κ3) is 3.01. The van der Waals surface area contributed by atoms with E-state index in [0.717, 1.165) is 6.07 Å². The van der Waals surface area contributed by atoms with Gasteiger partial charge >= 0.3 is 0 Å². The van der Waals surface area contributed by atoms with Crippen molar-refractivity contribution in [1.29, 1.82) is 0 Å². The number of rotatable bonds is 3. The van der Waals surface area contributed by atoms with Crippen LogP contribution in [-0.2, 0) is 26.8 Å². The van der Waals surface area contributed by atoms with Crippen LogP contribution in [0.15, 0.2) is 21.9 Å². The Balaban J connectivity index is 3.73. The van der Waals surface area contributed by atoms with Crippen molar-refractivity contribution in [1.82, 2.24) is 5.73 Å². The molecule has 0 aliphatic carbocycles. The Bertz CT molecular complexity index is 647. The Hall–Kier alpha value is -1.00. The van der Waals surface area contributed by atoms with Gasteiger partial charge in [-0.3, -0.25) is 14.8 Å². The summed E-state index contributed by atoms with van der Waals surface area (Å²) >= 11 is 0. The average Bonchev–Trinajstić information content (AvgIpc) is 2.13. The van der Waals surface area contributed by atoms with E-state index in [9.17, 15) is 16.8 Å². The Kier molecular flexibility index (Phi) is 3.60. The first-order valence-corrected chi connectivity index (χ1v) is 7.18. The molecule has 0 saturated carbocycles. The van der Waals surface area contributed by atoms with E-state index in [1.807, 2.05) is 0 Å². The predicted molar refractivity (Wildman–Crippen MR) is 57.6 cm³/mol. The maximum Gasteiger partial charge on any atom is 0.294 e. The molecule has 0 saturated heterocycles. The van der Waals surface area contributed by atoms with Gasteiger partial charge in [0.15, 0.2) is 0 Å². The zero-order chi connectivity index (χ0) is 13.4. The molecule has 1 radical (unpaired) electrons. The lowest BCUT2D eigenvalue weighted by Gasteiger charge is -2.09. The lowest BCUT2D eigenvalue weighted by atomic mass is 10.1. The van der Waals surface area contributed by atoms with Crippen molar-refractivity contribution in [3.8, 4) is 0 Å². The number of hydrogen-bond donors (Lipinski definition) is 2. The third-order valence-corrected chi connectivity index (χ3v) is 4.04. The van der Waals surface area contributed by atoms with Crippen molar-refractivity contribution in [3.63, 3.8) is 0 Å². The number of hydrogen-bond acceptors (Lipinski definition) is 4. The first-order valence-electron chi connectivity index (χ1n) is 4.30. The van der Waals surface area contributed by atoms with Crippen LogP contribution < -0.4 is 5.73 Å². The molecule has 17 heavy (non-hydrogen) atoms. The molecule has 3 N–H and O–H groups in total. The maximum atomic E-state index is 11.0. The summed E-state index contributed by atoms with van der Waals surface area (Å²) in [6.07, 6.45) is 0. The zero-order valence-corrected chi connectivity index (χ0v) is 10.3. The zero-order valence-electron chi connectivity index (χ0n) is 8.71. The first-order chi connectivity index (χ1) is 7.57. The third-order valence-electron chi connectivity index (χ3n) is 2.10. The van der Waals surface area contributed by atoms with Crippen LogP contribution in [0.2, 0.25) is 0 Å². The van der Waals surface area contributed by atoms with Crippen LogP contribution in [-0.4, -0.2) is 25.9 Å². The minimum Gasteiger partial charge on any atom is -0.282 e. The van der Waals surface area contributed by atoms with E-state index < -0.39 is 36.6 Å². The smallest absolute Gasteiger partial charge is 0.282 e. The molecule has 0 bridgehead atoms. The van der Waals surface area contributed by atoms with E-state index in [-0.39, 0.29) is 11.1 Å². The second kappa shape index (κ2) is 4.35. The highest BCUT2D eigenvalue weighted by atomic mass is 32.2. The van der Waals surface area contributed by atoms with Crippen LogP contribution in [0.3, 0.4) is 0 Å². The summed E-state index contributed by atoms with van der Waals surface area (Å²) in [4.78, 5) is -1.30. The molecule has 0 atom stereocenters. The second-order valence-electron chi connectivity index (χ2n) is 3.35. The van der Waals surface area contributed by atoms with Crippen molar-refractivity contribution in [2.75, 3.05) is 0 Å². The van der Waals surface area contributed by atoms with Gasteiger partial charge in [-0.25, -0.2) is 0 Å². The van der Waals surface area contributed by atoms with Crippen molar-refractivity contribution in [2.24, 2.45) is 0 Å². The van der Waals surface area contributed by atoms with Crippen LogP contribution in [0.25, 0.3) is 0 Å². The molecular formula is C8H10NO6S2. The SMILES string of the molecule is Cc1cc(C[NH])c(S(=O)(=O)O)cc1S(=O)(=O)O. The van der Waals surface area contributed by atoms with E-state index in [4.69, 9.17) is 14.8 Å². The van der Waals surface area contributed by atoms with Crippen molar-refractivity contribution >= 4 is 20.2 Å². The van der Waals surface area contributed by atoms with Crippen molar-refractivity contribution in [3.05, 3.63) is 23.3 Å². The Morgan fingerprint density at radius 1 is 1.06 bits per heavy atom.